The standard InChI is InChI=1S/C46H57N3/c1-10-13-18-32-24-26-38-41-35(32)27-30-49-43(41)42-37(44(38,4)5)20-16-21-39(42)45(6,11-2)46(49,12-3)28-17-19-33-23-25-34(47(7)8)31-36(33)40-22-14-15-29-48(40)9/h14-16,20-27,29-31H,10-13,17-19,28H2,1-9H3/q+2. The van der Waals surface area contributed by atoms with Crippen LogP contribution in [-0.4, -0.2) is 14.1 Å². The van der Waals surface area contributed by atoms with E-state index in [2.05, 4.69) is 162 Å². The maximum absolute atomic E-state index is 2.81. The van der Waals surface area contributed by atoms with Crippen molar-refractivity contribution in [3.05, 3.63) is 113 Å². The van der Waals surface area contributed by atoms with Crippen LogP contribution in [-0.2, 0) is 36.3 Å². The Kier molecular flexibility index (Phi) is 8.49. The molecule has 3 aromatic carbocycles. The van der Waals surface area contributed by atoms with Crippen molar-refractivity contribution in [3.8, 4) is 22.5 Å². The van der Waals surface area contributed by atoms with E-state index >= 15 is 0 Å². The summed E-state index contributed by atoms with van der Waals surface area (Å²) in [5, 5.41) is 2.98. The molecule has 254 valence electrons. The second kappa shape index (κ2) is 12.4. The predicted octanol–water partition coefficient (Wildman–Crippen LogP) is 10.1. The molecule has 1 aliphatic carbocycles. The topological polar surface area (TPSA) is 11.0 Å². The van der Waals surface area contributed by atoms with E-state index in [1.165, 1.54) is 74.1 Å². The SMILES string of the molecule is CCCCc1ccc2c3c4[n+](ccc13)C(CC)(CCCc1ccc(N(C)C)cc1-c1cccc[n+]1C)C(C)(CC)c1cccc(c1-4)C2(C)C. The summed E-state index contributed by atoms with van der Waals surface area (Å²) in [4.78, 5) is 2.22. The monoisotopic (exact) mass is 651 g/mol. The van der Waals surface area contributed by atoms with Crippen molar-refractivity contribution in [2.45, 2.75) is 109 Å². The fourth-order valence-electron chi connectivity index (χ4n) is 9.94. The molecule has 1 aliphatic heterocycles. The molecule has 0 saturated carbocycles. The summed E-state index contributed by atoms with van der Waals surface area (Å²) in [7, 11) is 6.44. The Morgan fingerprint density at radius 1 is 0.714 bits per heavy atom. The lowest BCUT2D eigenvalue weighted by Crippen LogP contribution is -2.69. The highest BCUT2D eigenvalue weighted by atomic mass is 15.1. The Morgan fingerprint density at radius 2 is 1.47 bits per heavy atom. The van der Waals surface area contributed by atoms with Gasteiger partial charge in [-0.2, -0.15) is 4.57 Å². The second-order valence-corrected chi connectivity index (χ2v) is 15.9. The number of benzene rings is 3. The number of rotatable bonds is 11. The fraction of sp³-hybridized carbons (Fsp3) is 0.435. The predicted molar refractivity (Wildman–Crippen MR) is 207 cm³/mol. The molecule has 0 radical (unpaired) electrons. The highest BCUT2D eigenvalue weighted by Crippen LogP contribution is 2.58. The van der Waals surface area contributed by atoms with E-state index < -0.39 is 0 Å². The Balaban J connectivity index is 1.39. The molecule has 0 N–H and O–H groups in total. The van der Waals surface area contributed by atoms with Crippen LogP contribution in [0.1, 0.15) is 108 Å². The lowest BCUT2D eigenvalue weighted by molar-refractivity contribution is -0.769. The molecule has 2 unspecified atom stereocenters. The molecular formula is C46H57N3+2. The van der Waals surface area contributed by atoms with Gasteiger partial charge in [-0.25, -0.2) is 4.57 Å². The van der Waals surface area contributed by atoms with Crippen molar-refractivity contribution >= 4 is 16.5 Å². The number of anilines is 1. The summed E-state index contributed by atoms with van der Waals surface area (Å²) in [6.45, 7) is 14.7. The maximum Gasteiger partial charge on any atom is 0.221 e. The first-order chi connectivity index (χ1) is 23.5. The molecule has 0 saturated heterocycles. The highest BCUT2D eigenvalue weighted by Gasteiger charge is 2.61. The summed E-state index contributed by atoms with van der Waals surface area (Å²) in [5.41, 5.74) is 14.2. The van der Waals surface area contributed by atoms with Gasteiger partial charge in [0.05, 0.1) is 21.9 Å². The van der Waals surface area contributed by atoms with Crippen molar-refractivity contribution < 1.29 is 9.13 Å². The summed E-state index contributed by atoms with van der Waals surface area (Å²) in [5.74, 6) is 0. The minimum atomic E-state index is -0.0529. The van der Waals surface area contributed by atoms with Crippen LogP contribution in [0.3, 0.4) is 0 Å². The van der Waals surface area contributed by atoms with E-state index in [9.17, 15) is 0 Å². The van der Waals surface area contributed by atoms with Crippen molar-refractivity contribution in [2.24, 2.45) is 7.05 Å². The average Bonchev–Trinajstić information content (AvgIpc) is 3.11. The first kappa shape index (κ1) is 33.5. The van der Waals surface area contributed by atoms with Gasteiger partial charge in [-0.05, 0) is 90.4 Å². The third kappa shape index (κ3) is 4.89. The van der Waals surface area contributed by atoms with E-state index in [-0.39, 0.29) is 16.4 Å². The smallest absolute Gasteiger partial charge is 0.221 e. The molecule has 2 atom stereocenters. The summed E-state index contributed by atoms with van der Waals surface area (Å²) >= 11 is 0. The lowest BCUT2D eigenvalue weighted by Gasteiger charge is -2.50. The van der Waals surface area contributed by atoms with E-state index in [0.717, 1.165) is 38.5 Å². The number of hydrogen-bond acceptors (Lipinski definition) is 1. The molecule has 3 heteroatoms. The molecule has 0 amide bonds. The van der Waals surface area contributed by atoms with Crippen molar-refractivity contribution in [2.75, 3.05) is 19.0 Å². The molecule has 0 bridgehead atoms. The molecule has 3 nitrogen and oxygen atoms in total. The zero-order chi connectivity index (χ0) is 34.7. The van der Waals surface area contributed by atoms with Gasteiger partial charge in [-0.1, -0.05) is 77.4 Å². The average molecular weight is 652 g/mol. The van der Waals surface area contributed by atoms with Crippen LogP contribution in [0.4, 0.5) is 5.69 Å². The van der Waals surface area contributed by atoms with Gasteiger partial charge in [0, 0.05) is 56.2 Å². The third-order valence-electron chi connectivity index (χ3n) is 13.0. The Hall–Kier alpha value is -3.98. The van der Waals surface area contributed by atoms with E-state index in [0.29, 0.717) is 0 Å². The molecule has 0 spiro atoms. The minimum absolute atomic E-state index is 0.00464. The van der Waals surface area contributed by atoms with Gasteiger partial charge in [0.1, 0.15) is 7.05 Å². The molecule has 2 aromatic heterocycles. The fourth-order valence-corrected chi connectivity index (χ4v) is 9.94. The normalized spacial score (nSPS) is 20.1. The van der Waals surface area contributed by atoms with Crippen LogP contribution in [0, 0.1) is 0 Å². The number of aryl methyl sites for hydroxylation is 3. The van der Waals surface area contributed by atoms with Crippen LogP contribution in [0.5, 0.6) is 0 Å². The van der Waals surface area contributed by atoms with Gasteiger partial charge >= 0.3 is 0 Å². The zero-order valence-corrected chi connectivity index (χ0v) is 31.6. The van der Waals surface area contributed by atoms with Gasteiger partial charge < -0.3 is 4.90 Å². The van der Waals surface area contributed by atoms with E-state index in [1.807, 2.05) is 0 Å². The van der Waals surface area contributed by atoms with E-state index in [4.69, 9.17) is 0 Å². The number of unbranched alkanes of at least 4 members (excludes halogenated alkanes) is 1. The molecule has 5 aromatic rings. The van der Waals surface area contributed by atoms with Crippen molar-refractivity contribution in [3.63, 3.8) is 0 Å². The van der Waals surface area contributed by atoms with Crippen molar-refractivity contribution in [1.29, 1.82) is 0 Å². The van der Waals surface area contributed by atoms with Crippen LogP contribution in [0.15, 0.2) is 85.2 Å². The van der Waals surface area contributed by atoms with Crippen LogP contribution in [0.2, 0.25) is 0 Å². The third-order valence-corrected chi connectivity index (χ3v) is 13.0. The molecule has 7 rings (SSSR count). The summed E-state index contributed by atoms with van der Waals surface area (Å²) < 4.78 is 5.07. The number of pyridine rings is 2. The Labute approximate surface area is 295 Å². The molecule has 49 heavy (non-hydrogen) atoms. The van der Waals surface area contributed by atoms with Crippen molar-refractivity contribution in [1.82, 2.24) is 0 Å². The number of aromatic nitrogens is 2. The van der Waals surface area contributed by atoms with Crippen LogP contribution < -0.4 is 14.0 Å². The van der Waals surface area contributed by atoms with Crippen LogP contribution in [0.25, 0.3) is 33.3 Å². The first-order valence-electron chi connectivity index (χ1n) is 18.9. The largest absolute Gasteiger partial charge is 0.378 e. The first-order valence-corrected chi connectivity index (χ1v) is 18.9. The minimum Gasteiger partial charge on any atom is -0.378 e. The molecule has 0 fully saturated rings. The highest BCUT2D eigenvalue weighted by molar-refractivity contribution is 6.02. The maximum atomic E-state index is 2.81. The molecule has 2 aliphatic rings. The Morgan fingerprint density at radius 3 is 2.18 bits per heavy atom. The van der Waals surface area contributed by atoms with Gasteiger partial charge in [-0.15, -0.1) is 0 Å². The number of nitrogens with zero attached hydrogens (tertiary/aromatic N) is 3. The lowest BCUT2D eigenvalue weighted by atomic mass is 9.55. The van der Waals surface area contributed by atoms with E-state index in [1.54, 1.807) is 5.56 Å². The zero-order valence-electron chi connectivity index (χ0n) is 31.6. The molecular weight excluding hydrogens is 595 g/mol. The Bertz CT molecular complexity index is 2050. The van der Waals surface area contributed by atoms with Crippen LogP contribution >= 0.6 is 0 Å². The summed E-state index contributed by atoms with van der Waals surface area (Å²) in [6.07, 6.45) is 13.8. The molecule has 3 heterocycles. The van der Waals surface area contributed by atoms with Gasteiger partial charge in [0.25, 0.3) is 0 Å². The second-order valence-electron chi connectivity index (χ2n) is 15.9. The van der Waals surface area contributed by atoms with Gasteiger partial charge in [0.2, 0.25) is 11.4 Å². The quantitative estimate of drug-likeness (QED) is 0.129. The number of hydrogen-bond donors (Lipinski definition) is 0. The van der Waals surface area contributed by atoms with Gasteiger partial charge in [-0.3, -0.25) is 0 Å². The summed E-state index contributed by atoms with van der Waals surface area (Å²) in [6, 6.07) is 28.3. The van der Waals surface area contributed by atoms with Gasteiger partial charge in [0.15, 0.2) is 17.9 Å².